The summed E-state index contributed by atoms with van der Waals surface area (Å²) in [5, 5.41) is 3.19. The van der Waals surface area contributed by atoms with E-state index in [4.69, 9.17) is 5.73 Å². The van der Waals surface area contributed by atoms with E-state index in [2.05, 4.69) is 34.6 Å². The molecule has 21 heavy (non-hydrogen) atoms. The highest BCUT2D eigenvalue weighted by Gasteiger charge is 2.13. The van der Waals surface area contributed by atoms with Crippen molar-refractivity contribution in [1.29, 1.82) is 0 Å². The summed E-state index contributed by atoms with van der Waals surface area (Å²) >= 11 is 0. The number of nitrogens with two attached hydrogens (primary N) is 1. The number of nitrogens with zero attached hydrogens (tertiary/aromatic N) is 1. The normalized spacial score (nSPS) is 15.7. The first-order chi connectivity index (χ1) is 9.84. The van der Waals surface area contributed by atoms with E-state index in [1.165, 1.54) is 44.1 Å². The zero-order valence-corrected chi connectivity index (χ0v) is 15.1. The third kappa shape index (κ3) is 7.69. The van der Waals surface area contributed by atoms with Gasteiger partial charge in [-0.2, -0.15) is 0 Å². The van der Waals surface area contributed by atoms with Gasteiger partial charge in [-0.1, -0.05) is 56.0 Å². The molecule has 3 nitrogen and oxygen atoms in total. The highest BCUT2D eigenvalue weighted by Crippen LogP contribution is 2.28. The van der Waals surface area contributed by atoms with Gasteiger partial charge in [-0.05, 0) is 30.7 Å². The van der Waals surface area contributed by atoms with Crippen LogP contribution in [0.25, 0.3) is 0 Å². The molecule has 0 aliphatic heterocycles. The number of aliphatic imine (C=N–C) groups is 1. The minimum Gasteiger partial charge on any atom is -0.370 e. The van der Waals surface area contributed by atoms with E-state index in [0.29, 0.717) is 5.96 Å². The molecule has 0 atom stereocenters. The molecule has 1 aliphatic carbocycles. The molecule has 0 aromatic heterocycles. The van der Waals surface area contributed by atoms with E-state index in [9.17, 15) is 0 Å². The van der Waals surface area contributed by atoms with Gasteiger partial charge in [0.05, 0.1) is 0 Å². The maximum Gasteiger partial charge on any atom is 0.188 e. The Balaban J connectivity index is 0.00000220. The fraction of sp³-hybridized carbons (Fsp3) is 0.588. The van der Waals surface area contributed by atoms with Crippen LogP contribution in [0.3, 0.4) is 0 Å². The molecule has 118 valence electrons. The van der Waals surface area contributed by atoms with E-state index in [-0.39, 0.29) is 24.0 Å². The number of halogens is 1. The molecule has 0 amide bonds. The van der Waals surface area contributed by atoms with Gasteiger partial charge in [-0.15, -0.1) is 24.0 Å². The van der Waals surface area contributed by atoms with Gasteiger partial charge in [-0.25, -0.2) is 0 Å². The summed E-state index contributed by atoms with van der Waals surface area (Å²) in [6.45, 7) is 1.71. The highest BCUT2D eigenvalue weighted by molar-refractivity contribution is 14.0. The van der Waals surface area contributed by atoms with E-state index in [1.807, 2.05) is 6.07 Å². The van der Waals surface area contributed by atoms with Crippen LogP contribution in [0.15, 0.2) is 35.3 Å². The van der Waals surface area contributed by atoms with Crippen LogP contribution in [0.5, 0.6) is 0 Å². The van der Waals surface area contributed by atoms with Crippen LogP contribution in [-0.4, -0.2) is 19.0 Å². The van der Waals surface area contributed by atoms with E-state index in [0.717, 1.165) is 25.4 Å². The van der Waals surface area contributed by atoms with Gasteiger partial charge in [0, 0.05) is 13.1 Å². The van der Waals surface area contributed by atoms with Crippen molar-refractivity contribution in [3.05, 3.63) is 35.9 Å². The molecule has 1 saturated carbocycles. The molecular formula is C17H28IN3. The summed E-state index contributed by atoms with van der Waals surface area (Å²) in [7, 11) is 0. The molecule has 1 aliphatic rings. The number of rotatable bonds is 7. The lowest BCUT2D eigenvalue weighted by molar-refractivity contribution is 0.488. The minimum atomic E-state index is 0. The van der Waals surface area contributed by atoms with E-state index >= 15 is 0 Å². The standard InChI is InChI=1S/C17H27N3.HI/c18-17(19-13-6-11-15-9-4-5-10-15)20-14-12-16-7-2-1-3-8-16;/h1-3,7-8,15H,4-6,9-14H2,(H3,18,19,20);1H. The highest BCUT2D eigenvalue weighted by atomic mass is 127. The average Bonchev–Trinajstić information content (AvgIpc) is 2.98. The molecule has 0 saturated heterocycles. The van der Waals surface area contributed by atoms with Crippen molar-refractivity contribution < 1.29 is 0 Å². The summed E-state index contributed by atoms with van der Waals surface area (Å²) in [5.41, 5.74) is 7.20. The molecular weight excluding hydrogens is 373 g/mol. The molecule has 4 heteroatoms. The van der Waals surface area contributed by atoms with Gasteiger partial charge in [-0.3, -0.25) is 4.99 Å². The predicted molar refractivity (Wildman–Crippen MR) is 101 cm³/mol. The topological polar surface area (TPSA) is 50.4 Å². The van der Waals surface area contributed by atoms with Crippen molar-refractivity contribution in [3.63, 3.8) is 0 Å². The third-order valence-corrected chi connectivity index (χ3v) is 4.09. The van der Waals surface area contributed by atoms with Crippen LogP contribution < -0.4 is 11.1 Å². The van der Waals surface area contributed by atoms with Crippen molar-refractivity contribution >= 4 is 29.9 Å². The molecule has 0 unspecified atom stereocenters. The Labute approximate surface area is 145 Å². The van der Waals surface area contributed by atoms with Gasteiger partial charge in [0.1, 0.15) is 0 Å². The Morgan fingerprint density at radius 1 is 1.19 bits per heavy atom. The third-order valence-electron chi connectivity index (χ3n) is 4.09. The summed E-state index contributed by atoms with van der Waals surface area (Å²) < 4.78 is 0. The first-order valence-electron chi connectivity index (χ1n) is 7.92. The summed E-state index contributed by atoms with van der Waals surface area (Å²) in [4.78, 5) is 4.40. The van der Waals surface area contributed by atoms with E-state index in [1.54, 1.807) is 0 Å². The lowest BCUT2D eigenvalue weighted by Gasteiger charge is -2.08. The van der Waals surface area contributed by atoms with Gasteiger partial charge in [0.25, 0.3) is 0 Å². The van der Waals surface area contributed by atoms with Gasteiger partial charge in [0.2, 0.25) is 0 Å². The lowest BCUT2D eigenvalue weighted by Crippen LogP contribution is -2.33. The quantitative estimate of drug-likeness (QED) is 0.317. The molecule has 0 bridgehead atoms. The molecule has 2 rings (SSSR count). The fourth-order valence-corrected chi connectivity index (χ4v) is 2.91. The molecule has 1 aromatic rings. The zero-order valence-electron chi connectivity index (χ0n) is 12.8. The van der Waals surface area contributed by atoms with Crippen molar-refractivity contribution in [2.45, 2.75) is 44.9 Å². The summed E-state index contributed by atoms with van der Waals surface area (Å²) in [5.74, 6) is 1.55. The number of benzene rings is 1. The Morgan fingerprint density at radius 3 is 2.62 bits per heavy atom. The Hall–Kier alpha value is -0.780. The maximum absolute atomic E-state index is 5.87. The molecule has 0 heterocycles. The van der Waals surface area contributed by atoms with Gasteiger partial charge >= 0.3 is 0 Å². The zero-order chi connectivity index (χ0) is 14.0. The maximum atomic E-state index is 5.87. The first-order valence-corrected chi connectivity index (χ1v) is 7.92. The number of nitrogens with one attached hydrogen (secondary N) is 1. The largest absolute Gasteiger partial charge is 0.370 e. The van der Waals surface area contributed by atoms with Crippen LogP contribution in [0, 0.1) is 5.92 Å². The molecule has 0 radical (unpaired) electrons. The van der Waals surface area contributed by atoms with Crippen LogP contribution >= 0.6 is 24.0 Å². The monoisotopic (exact) mass is 401 g/mol. The summed E-state index contributed by atoms with van der Waals surface area (Å²) in [6, 6.07) is 10.4. The summed E-state index contributed by atoms with van der Waals surface area (Å²) in [6.07, 6.45) is 9.18. The minimum absolute atomic E-state index is 0. The van der Waals surface area contributed by atoms with Crippen LogP contribution in [0.4, 0.5) is 0 Å². The SMILES string of the molecule is I.NC(=NCCCC1CCCC1)NCCc1ccccc1. The number of hydrogen-bond acceptors (Lipinski definition) is 1. The Morgan fingerprint density at radius 2 is 1.90 bits per heavy atom. The van der Waals surface area contributed by atoms with Crippen LogP contribution in [0.1, 0.15) is 44.1 Å². The second-order valence-electron chi connectivity index (χ2n) is 5.72. The first kappa shape index (κ1) is 18.3. The van der Waals surface area contributed by atoms with Gasteiger partial charge in [0.15, 0.2) is 5.96 Å². The number of guanidine groups is 1. The van der Waals surface area contributed by atoms with Crippen molar-refractivity contribution in [2.24, 2.45) is 16.6 Å². The van der Waals surface area contributed by atoms with Crippen LogP contribution in [0.2, 0.25) is 0 Å². The molecule has 0 spiro atoms. The van der Waals surface area contributed by atoms with Gasteiger partial charge < -0.3 is 11.1 Å². The second-order valence-corrected chi connectivity index (χ2v) is 5.72. The van der Waals surface area contributed by atoms with Crippen molar-refractivity contribution in [3.8, 4) is 0 Å². The average molecular weight is 401 g/mol. The molecule has 1 aromatic carbocycles. The van der Waals surface area contributed by atoms with Crippen molar-refractivity contribution in [1.82, 2.24) is 5.32 Å². The lowest BCUT2D eigenvalue weighted by atomic mass is 10.0. The number of hydrogen-bond donors (Lipinski definition) is 2. The predicted octanol–water partition coefficient (Wildman–Crippen LogP) is 3.72. The Bertz CT molecular complexity index is 400. The van der Waals surface area contributed by atoms with Crippen molar-refractivity contribution in [2.75, 3.05) is 13.1 Å². The van der Waals surface area contributed by atoms with E-state index < -0.39 is 0 Å². The van der Waals surface area contributed by atoms with Crippen LogP contribution in [-0.2, 0) is 6.42 Å². The Kier molecular flexibility index (Phi) is 9.46. The second kappa shape index (κ2) is 10.9. The molecule has 1 fully saturated rings. The fourth-order valence-electron chi connectivity index (χ4n) is 2.91. The molecule has 3 N–H and O–H groups in total. The smallest absolute Gasteiger partial charge is 0.188 e.